The predicted octanol–water partition coefficient (Wildman–Crippen LogP) is -0.0569. The number of nitrogens with zero attached hydrogens (tertiary/aromatic N) is 1. The molecule has 0 aromatic carbocycles. The van der Waals surface area contributed by atoms with Gasteiger partial charge in [0.1, 0.15) is 0 Å². The molecule has 88 valence electrons. The molecule has 2 atom stereocenters. The third kappa shape index (κ3) is 3.41. The summed E-state index contributed by atoms with van der Waals surface area (Å²) in [5.41, 5.74) is 0. The second-order valence-electron chi connectivity index (χ2n) is 4.58. The summed E-state index contributed by atoms with van der Waals surface area (Å²) in [5, 5.41) is 3.51. The topological polar surface area (TPSA) is 33.7 Å². The van der Waals surface area contributed by atoms with Gasteiger partial charge in [0.2, 0.25) is 0 Å². The molecule has 0 radical (unpaired) electrons. The van der Waals surface area contributed by atoms with Crippen molar-refractivity contribution in [2.24, 2.45) is 5.92 Å². The molecule has 1 N–H and O–H groups in total. The number of methoxy groups -OCH3 is 1. The van der Waals surface area contributed by atoms with Gasteiger partial charge >= 0.3 is 0 Å². The molecule has 15 heavy (non-hydrogen) atoms. The fourth-order valence-electron chi connectivity index (χ4n) is 2.52. The standard InChI is InChI=1S/C11H22N2O2/c1-14-9-11-6-10(7-12-11)8-13-2-4-15-5-3-13/h10-12H,2-9H2,1H3. The smallest absolute Gasteiger partial charge is 0.0615 e. The first kappa shape index (κ1) is 11.3. The maximum atomic E-state index is 5.35. The third-order valence-electron chi connectivity index (χ3n) is 3.30. The molecule has 0 spiro atoms. The van der Waals surface area contributed by atoms with Crippen LogP contribution in [0.4, 0.5) is 0 Å². The molecule has 2 rings (SSSR count). The lowest BCUT2D eigenvalue weighted by atomic mass is 10.1. The lowest BCUT2D eigenvalue weighted by molar-refractivity contribution is 0.0315. The number of hydrogen-bond acceptors (Lipinski definition) is 4. The Balaban J connectivity index is 1.67. The van der Waals surface area contributed by atoms with Gasteiger partial charge < -0.3 is 14.8 Å². The van der Waals surface area contributed by atoms with Crippen molar-refractivity contribution >= 4 is 0 Å². The van der Waals surface area contributed by atoms with Crippen molar-refractivity contribution in [3.05, 3.63) is 0 Å². The molecule has 2 saturated heterocycles. The number of hydrogen-bond donors (Lipinski definition) is 1. The molecular weight excluding hydrogens is 192 g/mol. The maximum absolute atomic E-state index is 5.35. The Labute approximate surface area is 91.9 Å². The number of nitrogens with one attached hydrogen (secondary N) is 1. The van der Waals surface area contributed by atoms with E-state index in [1.54, 1.807) is 7.11 Å². The van der Waals surface area contributed by atoms with Crippen LogP contribution >= 0.6 is 0 Å². The third-order valence-corrected chi connectivity index (χ3v) is 3.30. The Bertz CT molecular complexity index is 183. The molecule has 4 nitrogen and oxygen atoms in total. The van der Waals surface area contributed by atoms with E-state index in [1.165, 1.54) is 13.0 Å². The first-order chi connectivity index (χ1) is 7.38. The summed E-state index contributed by atoms with van der Waals surface area (Å²) in [6.07, 6.45) is 1.26. The molecular formula is C11H22N2O2. The minimum atomic E-state index is 0.570. The molecule has 0 aromatic rings. The van der Waals surface area contributed by atoms with E-state index in [4.69, 9.17) is 9.47 Å². The summed E-state index contributed by atoms with van der Waals surface area (Å²) in [6, 6.07) is 0.570. The van der Waals surface area contributed by atoms with Gasteiger partial charge in [-0.15, -0.1) is 0 Å². The Morgan fingerprint density at radius 3 is 2.93 bits per heavy atom. The molecule has 0 amide bonds. The van der Waals surface area contributed by atoms with Crippen LogP contribution in [-0.4, -0.2) is 64.1 Å². The van der Waals surface area contributed by atoms with Crippen LogP contribution in [-0.2, 0) is 9.47 Å². The van der Waals surface area contributed by atoms with Crippen LogP contribution in [0.25, 0.3) is 0 Å². The van der Waals surface area contributed by atoms with Gasteiger partial charge in [-0.3, -0.25) is 4.90 Å². The Hall–Kier alpha value is -0.160. The predicted molar refractivity (Wildman–Crippen MR) is 59.0 cm³/mol. The van der Waals surface area contributed by atoms with E-state index in [9.17, 15) is 0 Å². The minimum absolute atomic E-state index is 0.570. The maximum Gasteiger partial charge on any atom is 0.0615 e. The van der Waals surface area contributed by atoms with E-state index >= 15 is 0 Å². The van der Waals surface area contributed by atoms with Crippen molar-refractivity contribution < 1.29 is 9.47 Å². The van der Waals surface area contributed by atoms with Crippen LogP contribution in [0.2, 0.25) is 0 Å². The first-order valence-corrected chi connectivity index (χ1v) is 5.91. The van der Waals surface area contributed by atoms with Crippen LogP contribution in [0.3, 0.4) is 0 Å². The molecule has 0 saturated carbocycles. The van der Waals surface area contributed by atoms with Gasteiger partial charge in [0.25, 0.3) is 0 Å². The molecule has 2 fully saturated rings. The lowest BCUT2D eigenvalue weighted by Crippen LogP contribution is -2.39. The molecule has 2 aliphatic heterocycles. The first-order valence-electron chi connectivity index (χ1n) is 5.91. The molecule has 2 heterocycles. The summed E-state index contributed by atoms with van der Waals surface area (Å²) in [5.74, 6) is 0.795. The van der Waals surface area contributed by atoms with Crippen LogP contribution < -0.4 is 5.32 Å². The van der Waals surface area contributed by atoms with Gasteiger partial charge in [-0.2, -0.15) is 0 Å². The van der Waals surface area contributed by atoms with Crippen LogP contribution in [0.5, 0.6) is 0 Å². The highest BCUT2D eigenvalue weighted by Crippen LogP contribution is 2.16. The molecule has 0 bridgehead atoms. The summed E-state index contributed by atoms with van der Waals surface area (Å²) >= 11 is 0. The van der Waals surface area contributed by atoms with Gasteiger partial charge in [0, 0.05) is 32.8 Å². The fraction of sp³-hybridized carbons (Fsp3) is 1.00. The van der Waals surface area contributed by atoms with E-state index in [-0.39, 0.29) is 0 Å². The van der Waals surface area contributed by atoms with Crippen LogP contribution in [0.1, 0.15) is 6.42 Å². The summed E-state index contributed by atoms with van der Waals surface area (Å²) < 4.78 is 10.5. The van der Waals surface area contributed by atoms with E-state index in [1.807, 2.05) is 0 Å². The minimum Gasteiger partial charge on any atom is -0.383 e. The van der Waals surface area contributed by atoms with Crippen LogP contribution in [0, 0.1) is 5.92 Å². The van der Waals surface area contributed by atoms with E-state index in [2.05, 4.69) is 10.2 Å². The van der Waals surface area contributed by atoms with Crippen molar-refractivity contribution in [3.63, 3.8) is 0 Å². The van der Waals surface area contributed by atoms with Gasteiger partial charge in [-0.05, 0) is 18.9 Å². The molecule has 2 aliphatic rings. The second kappa shape index (κ2) is 5.80. The highest BCUT2D eigenvalue weighted by molar-refractivity contribution is 4.83. The number of morpholine rings is 1. The monoisotopic (exact) mass is 214 g/mol. The van der Waals surface area contributed by atoms with E-state index in [0.717, 1.165) is 45.4 Å². The molecule has 4 heteroatoms. The highest BCUT2D eigenvalue weighted by Gasteiger charge is 2.25. The Morgan fingerprint density at radius 2 is 2.20 bits per heavy atom. The van der Waals surface area contributed by atoms with Crippen molar-refractivity contribution in [3.8, 4) is 0 Å². The van der Waals surface area contributed by atoms with E-state index in [0.29, 0.717) is 6.04 Å². The zero-order valence-electron chi connectivity index (χ0n) is 9.58. The Morgan fingerprint density at radius 1 is 1.40 bits per heavy atom. The molecule has 0 aliphatic carbocycles. The normalized spacial score (nSPS) is 33.4. The SMILES string of the molecule is COCC1CC(CN2CCOCC2)CN1. The molecule has 0 aromatic heterocycles. The summed E-state index contributed by atoms with van der Waals surface area (Å²) in [4.78, 5) is 2.52. The van der Waals surface area contributed by atoms with Gasteiger partial charge in [0.15, 0.2) is 0 Å². The zero-order chi connectivity index (χ0) is 10.5. The zero-order valence-corrected chi connectivity index (χ0v) is 9.58. The quantitative estimate of drug-likeness (QED) is 0.711. The average Bonchev–Trinajstić information content (AvgIpc) is 2.68. The average molecular weight is 214 g/mol. The van der Waals surface area contributed by atoms with Crippen molar-refractivity contribution in [2.45, 2.75) is 12.5 Å². The van der Waals surface area contributed by atoms with Crippen LogP contribution in [0.15, 0.2) is 0 Å². The second-order valence-corrected chi connectivity index (χ2v) is 4.58. The summed E-state index contributed by atoms with van der Waals surface area (Å²) in [7, 11) is 1.77. The van der Waals surface area contributed by atoms with Gasteiger partial charge in [0.05, 0.1) is 19.8 Å². The largest absolute Gasteiger partial charge is 0.383 e. The van der Waals surface area contributed by atoms with E-state index < -0.39 is 0 Å². The van der Waals surface area contributed by atoms with Crippen molar-refractivity contribution in [1.82, 2.24) is 10.2 Å². The molecule has 2 unspecified atom stereocenters. The number of ether oxygens (including phenoxy) is 2. The lowest BCUT2D eigenvalue weighted by Gasteiger charge is -2.28. The van der Waals surface area contributed by atoms with Gasteiger partial charge in [-0.1, -0.05) is 0 Å². The van der Waals surface area contributed by atoms with Crippen molar-refractivity contribution in [1.29, 1.82) is 0 Å². The Kier molecular flexibility index (Phi) is 4.38. The van der Waals surface area contributed by atoms with Crippen molar-refractivity contribution in [2.75, 3.05) is 53.1 Å². The van der Waals surface area contributed by atoms with Gasteiger partial charge in [-0.25, -0.2) is 0 Å². The highest BCUT2D eigenvalue weighted by atomic mass is 16.5. The number of rotatable bonds is 4. The summed E-state index contributed by atoms with van der Waals surface area (Å²) in [6.45, 7) is 7.22. The fourth-order valence-corrected chi connectivity index (χ4v) is 2.52.